The predicted octanol–water partition coefficient (Wildman–Crippen LogP) is 1.25. The Kier molecular flexibility index (Phi) is 5.05. The highest BCUT2D eigenvalue weighted by Crippen LogP contribution is 2.16. The fraction of sp³-hybridized carbons (Fsp3) is 0.389. The van der Waals surface area contributed by atoms with E-state index in [1.807, 2.05) is 23.1 Å². The van der Waals surface area contributed by atoms with E-state index in [2.05, 4.69) is 17.2 Å². The first kappa shape index (κ1) is 16.4. The quantitative estimate of drug-likeness (QED) is 0.829. The summed E-state index contributed by atoms with van der Waals surface area (Å²) in [5.41, 5.74) is 1.24. The van der Waals surface area contributed by atoms with E-state index in [0.29, 0.717) is 19.8 Å². The average molecular weight is 327 g/mol. The van der Waals surface area contributed by atoms with Crippen molar-refractivity contribution in [1.29, 1.82) is 0 Å². The molecule has 0 radical (unpaired) electrons. The molecule has 0 unspecified atom stereocenters. The maximum atomic E-state index is 12.9. The number of ether oxygens (including phenoxy) is 1. The summed E-state index contributed by atoms with van der Waals surface area (Å²) >= 11 is 0. The highest BCUT2D eigenvalue weighted by Gasteiger charge is 2.28. The molecule has 2 aromatic rings. The molecule has 1 aliphatic rings. The van der Waals surface area contributed by atoms with Crippen LogP contribution in [0.25, 0.3) is 0 Å². The van der Waals surface area contributed by atoms with Crippen LogP contribution in [0.3, 0.4) is 0 Å². The third kappa shape index (κ3) is 3.71. The van der Waals surface area contributed by atoms with E-state index in [9.17, 15) is 9.59 Å². The lowest BCUT2D eigenvalue weighted by Crippen LogP contribution is -2.43. The zero-order valence-corrected chi connectivity index (χ0v) is 13.7. The fourth-order valence-electron chi connectivity index (χ4n) is 2.88. The van der Waals surface area contributed by atoms with E-state index >= 15 is 0 Å². The smallest absolute Gasteiger partial charge is 0.274 e. The Morgan fingerprint density at radius 1 is 1.29 bits per heavy atom. The van der Waals surface area contributed by atoms with Crippen LogP contribution in [-0.4, -0.2) is 46.4 Å². The molecule has 0 saturated carbocycles. The SMILES string of the molecule is Cn1nc(C(=O)N(CCc2ccccc2)[C@@H]2CCOC2)ccc1=O. The summed E-state index contributed by atoms with van der Waals surface area (Å²) in [5, 5.41) is 4.09. The van der Waals surface area contributed by atoms with Crippen LogP contribution in [0.2, 0.25) is 0 Å². The van der Waals surface area contributed by atoms with E-state index in [1.54, 1.807) is 7.05 Å². The number of hydrogen-bond acceptors (Lipinski definition) is 4. The summed E-state index contributed by atoms with van der Waals surface area (Å²) in [7, 11) is 1.55. The summed E-state index contributed by atoms with van der Waals surface area (Å²) in [4.78, 5) is 26.2. The van der Waals surface area contributed by atoms with Gasteiger partial charge in [-0.2, -0.15) is 5.10 Å². The second kappa shape index (κ2) is 7.40. The minimum Gasteiger partial charge on any atom is -0.379 e. The second-order valence-corrected chi connectivity index (χ2v) is 5.93. The fourth-order valence-corrected chi connectivity index (χ4v) is 2.88. The van der Waals surface area contributed by atoms with E-state index in [1.165, 1.54) is 22.4 Å². The van der Waals surface area contributed by atoms with Crippen molar-refractivity contribution in [3.8, 4) is 0 Å². The molecule has 3 rings (SSSR count). The largest absolute Gasteiger partial charge is 0.379 e. The van der Waals surface area contributed by atoms with Crippen molar-refractivity contribution in [2.24, 2.45) is 7.05 Å². The van der Waals surface area contributed by atoms with E-state index in [0.717, 1.165) is 12.8 Å². The Morgan fingerprint density at radius 2 is 2.08 bits per heavy atom. The van der Waals surface area contributed by atoms with Gasteiger partial charge in [0.1, 0.15) is 5.69 Å². The van der Waals surface area contributed by atoms with Gasteiger partial charge in [-0.05, 0) is 24.5 Å². The number of hydrogen-bond donors (Lipinski definition) is 0. The first-order valence-corrected chi connectivity index (χ1v) is 8.12. The summed E-state index contributed by atoms with van der Waals surface area (Å²) in [6.07, 6.45) is 1.60. The number of rotatable bonds is 5. The number of aromatic nitrogens is 2. The molecular formula is C18H21N3O3. The van der Waals surface area contributed by atoms with Gasteiger partial charge in [-0.3, -0.25) is 9.59 Å². The molecule has 1 saturated heterocycles. The van der Waals surface area contributed by atoms with Crippen molar-refractivity contribution in [2.75, 3.05) is 19.8 Å². The summed E-state index contributed by atoms with van der Waals surface area (Å²) < 4.78 is 6.64. The molecule has 1 amide bonds. The number of aryl methyl sites for hydroxylation is 1. The minimum absolute atomic E-state index is 0.0558. The third-order valence-corrected chi connectivity index (χ3v) is 4.27. The highest BCUT2D eigenvalue weighted by atomic mass is 16.5. The number of carbonyl (C=O) groups excluding carboxylic acids is 1. The molecule has 6 nitrogen and oxygen atoms in total. The molecule has 0 N–H and O–H groups in total. The molecule has 1 aliphatic heterocycles. The van der Waals surface area contributed by atoms with Gasteiger partial charge in [0.15, 0.2) is 0 Å². The monoisotopic (exact) mass is 327 g/mol. The van der Waals surface area contributed by atoms with Crippen molar-refractivity contribution in [2.45, 2.75) is 18.9 Å². The van der Waals surface area contributed by atoms with Crippen LogP contribution in [0.1, 0.15) is 22.5 Å². The van der Waals surface area contributed by atoms with Gasteiger partial charge in [0.2, 0.25) is 0 Å². The molecule has 1 aromatic carbocycles. The van der Waals surface area contributed by atoms with Crippen molar-refractivity contribution < 1.29 is 9.53 Å². The zero-order chi connectivity index (χ0) is 16.9. The standard InChI is InChI=1S/C18H21N3O3/c1-20-17(22)8-7-16(19-20)18(23)21(15-10-12-24-13-15)11-9-14-5-3-2-4-6-14/h2-8,15H,9-13H2,1H3/t15-/m1/s1. The van der Waals surface area contributed by atoms with Gasteiger partial charge in [0.05, 0.1) is 12.6 Å². The van der Waals surface area contributed by atoms with E-state index in [4.69, 9.17) is 4.74 Å². The molecule has 24 heavy (non-hydrogen) atoms. The van der Waals surface area contributed by atoms with Crippen LogP contribution >= 0.6 is 0 Å². The van der Waals surface area contributed by atoms with Crippen molar-refractivity contribution in [1.82, 2.24) is 14.7 Å². The maximum Gasteiger partial charge on any atom is 0.274 e. The molecule has 1 atom stereocenters. The molecule has 0 bridgehead atoms. The van der Waals surface area contributed by atoms with Gasteiger partial charge < -0.3 is 9.64 Å². The molecule has 1 fully saturated rings. The van der Waals surface area contributed by atoms with Gasteiger partial charge in [0, 0.05) is 26.3 Å². The van der Waals surface area contributed by atoms with Crippen LogP contribution in [0.15, 0.2) is 47.3 Å². The Bertz CT molecular complexity index is 752. The predicted molar refractivity (Wildman–Crippen MR) is 89.9 cm³/mol. The minimum atomic E-state index is -0.230. The number of nitrogens with zero attached hydrogens (tertiary/aromatic N) is 3. The lowest BCUT2D eigenvalue weighted by molar-refractivity contribution is 0.0648. The molecular weight excluding hydrogens is 306 g/mol. The van der Waals surface area contributed by atoms with E-state index < -0.39 is 0 Å². The lowest BCUT2D eigenvalue weighted by Gasteiger charge is -2.28. The molecule has 126 valence electrons. The Labute approximate surface area is 140 Å². The van der Waals surface area contributed by atoms with Crippen LogP contribution < -0.4 is 5.56 Å². The van der Waals surface area contributed by atoms with Gasteiger partial charge >= 0.3 is 0 Å². The Morgan fingerprint density at radius 3 is 2.75 bits per heavy atom. The number of carbonyl (C=O) groups is 1. The van der Waals surface area contributed by atoms with Gasteiger partial charge in [-0.25, -0.2) is 4.68 Å². The lowest BCUT2D eigenvalue weighted by atomic mass is 10.1. The second-order valence-electron chi connectivity index (χ2n) is 5.93. The normalized spacial score (nSPS) is 17.0. The summed E-state index contributed by atoms with van der Waals surface area (Å²) in [6, 6.07) is 13.0. The van der Waals surface area contributed by atoms with Gasteiger partial charge in [-0.1, -0.05) is 30.3 Å². The first-order valence-electron chi connectivity index (χ1n) is 8.12. The highest BCUT2D eigenvalue weighted by molar-refractivity contribution is 5.92. The van der Waals surface area contributed by atoms with Gasteiger partial charge in [0.25, 0.3) is 11.5 Å². The maximum absolute atomic E-state index is 12.9. The summed E-state index contributed by atoms with van der Waals surface area (Å²) in [6.45, 7) is 1.81. The summed E-state index contributed by atoms with van der Waals surface area (Å²) in [5.74, 6) is -0.156. The van der Waals surface area contributed by atoms with Crippen LogP contribution in [0, 0.1) is 0 Å². The van der Waals surface area contributed by atoms with Gasteiger partial charge in [-0.15, -0.1) is 0 Å². The van der Waals surface area contributed by atoms with Crippen molar-refractivity contribution in [3.63, 3.8) is 0 Å². The number of benzene rings is 1. The number of amides is 1. The Balaban J connectivity index is 1.79. The molecule has 6 heteroatoms. The first-order chi connectivity index (χ1) is 11.6. The van der Waals surface area contributed by atoms with Crippen molar-refractivity contribution in [3.05, 3.63) is 64.1 Å². The average Bonchev–Trinajstić information content (AvgIpc) is 3.12. The van der Waals surface area contributed by atoms with Crippen molar-refractivity contribution >= 4 is 5.91 Å². The van der Waals surface area contributed by atoms with Crippen LogP contribution in [0.5, 0.6) is 0 Å². The zero-order valence-electron chi connectivity index (χ0n) is 13.7. The molecule has 0 aliphatic carbocycles. The van der Waals surface area contributed by atoms with E-state index in [-0.39, 0.29) is 23.2 Å². The third-order valence-electron chi connectivity index (χ3n) is 4.27. The van der Waals surface area contributed by atoms with Crippen LogP contribution in [-0.2, 0) is 18.2 Å². The topological polar surface area (TPSA) is 64.4 Å². The van der Waals surface area contributed by atoms with Crippen LogP contribution in [0.4, 0.5) is 0 Å². The molecule has 1 aromatic heterocycles. The Hall–Kier alpha value is -2.47. The molecule has 0 spiro atoms. The molecule has 2 heterocycles.